The Kier molecular flexibility index (Phi) is 9.10. The zero-order valence-corrected chi connectivity index (χ0v) is 22.0. The average Bonchev–Trinajstić information content (AvgIpc) is 3.37. The number of rotatable bonds is 11. The van der Waals surface area contributed by atoms with Crippen molar-refractivity contribution in [1.82, 2.24) is 14.7 Å². The molecule has 0 aliphatic rings. The summed E-state index contributed by atoms with van der Waals surface area (Å²) in [4.78, 5) is 17.7. The summed E-state index contributed by atoms with van der Waals surface area (Å²) in [6, 6.07) is 18.5. The van der Waals surface area contributed by atoms with Gasteiger partial charge in [0, 0.05) is 41.7 Å². The molecule has 0 saturated carbocycles. The number of carbonyl (C=O) groups is 1. The number of ether oxygens (including phenoxy) is 1. The molecule has 0 aliphatic heterocycles. The van der Waals surface area contributed by atoms with Crippen molar-refractivity contribution in [1.29, 1.82) is 5.26 Å². The number of benzene rings is 2. The van der Waals surface area contributed by atoms with Gasteiger partial charge in [0.2, 0.25) is 0 Å². The van der Waals surface area contributed by atoms with Crippen LogP contribution in [0.4, 0.5) is 0 Å². The van der Waals surface area contributed by atoms with Crippen molar-refractivity contribution in [3.05, 3.63) is 95.3 Å². The fraction of sp³-hybridized carbons (Fsp3) is 0.258. The highest BCUT2D eigenvalue weighted by Gasteiger charge is 2.17. The number of hydrogen-bond acceptors (Lipinski definition) is 6. The highest BCUT2D eigenvalue weighted by atomic mass is 16.5. The summed E-state index contributed by atoms with van der Waals surface area (Å²) in [5, 5.41) is 31.2. The fourth-order valence-corrected chi connectivity index (χ4v) is 4.34. The van der Waals surface area contributed by atoms with E-state index < -0.39 is 0 Å². The second-order valence-electron chi connectivity index (χ2n) is 9.48. The molecule has 4 aromatic rings. The number of aliphatic hydroxyl groups is 2. The molecule has 0 bridgehead atoms. The summed E-state index contributed by atoms with van der Waals surface area (Å²) in [6.45, 7) is 3.65. The van der Waals surface area contributed by atoms with Crippen LogP contribution in [0.2, 0.25) is 0 Å². The summed E-state index contributed by atoms with van der Waals surface area (Å²) in [5.74, 6) is 0.132. The number of hydrogen-bond donors (Lipinski definition) is 3. The first-order valence-electron chi connectivity index (χ1n) is 12.9. The molecule has 2 aromatic carbocycles. The van der Waals surface area contributed by atoms with Gasteiger partial charge < -0.3 is 24.7 Å². The van der Waals surface area contributed by atoms with Gasteiger partial charge in [-0.15, -0.1) is 0 Å². The minimum absolute atomic E-state index is 0.0335. The Balaban J connectivity index is 1.47. The third-order valence-electron chi connectivity index (χ3n) is 6.19. The fourth-order valence-electron chi connectivity index (χ4n) is 4.34. The molecule has 0 radical (unpaired) electrons. The maximum atomic E-state index is 13.0. The molecule has 200 valence electrons. The number of nitrogens with one attached hydrogen (secondary N) is 1. The van der Waals surface area contributed by atoms with Crippen LogP contribution in [0, 0.1) is 11.3 Å². The summed E-state index contributed by atoms with van der Waals surface area (Å²) in [5.41, 5.74) is 5.16. The molecule has 3 N–H and O–H groups in total. The number of pyridine rings is 1. The van der Waals surface area contributed by atoms with Crippen LogP contribution in [0.25, 0.3) is 23.0 Å². The Morgan fingerprint density at radius 1 is 1.18 bits per heavy atom. The Bertz CT molecular complexity index is 1500. The van der Waals surface area contributed by atoms with Gasteiger partial charge in [-0.3, -0.25) is 4.79 Å². The average molecular weight is 525 g/mol. The van der Waals surface area contributed by atoms with Crippen LogP contribution in [-0.4, -0.2) is 50.9 Å². The number of nitrogens with zero attached hydrogens (tertiary/aromatic N) is 3. The second kappa shape index (κ2) is 12.9. The van der Waals surface area contributed by atoms with Crippen LogP contribution in [0.5, 0.6) is 5.75 Å². The van der Waals surface area contributed by atoms with Crippen molar-refractivity contribution in [3.8, 4) is 23.1 Å². The third-order valence-corrected chi connectivity index (χ3v) is 6.19. The van der Waals surface area contributed by atoms with Gasteiger partial charge in [-0.1, -0.05) is 36.4 Å². The van der Waals surface area contributed by atoms with Crippen molar-refractivity contribution >= 4 is 17.6 Å². The van der Waals surface area contributed by atoms with Crippen LogP contribution < -0.4 is 10.1 Å². The van der Waals surface area contributed by atoms with Crippen molar-refractivity contribution in [3.63, 3.8) is 0 Å². The van der Waals surface area contributed by atoms with Gasteiger partial charge in [0.25, 0.3) is 5.91 Å². The minimum Gasteiger partial charge on any atom is -0.490 e. The van der Waals surface area contributed by atoms with Crippen LogP contribution in [-0.2, 0) is 6.42 Å². The lowest BCUT2D eigenvalue weighted by molar-refractivity contribution is 0.0930. The molecular weight excluding hydrogens is 492 g/mol. The number of carbonyl (C=O) groups excluding carboxylic acids is 1. The zero-order valence-electron chi connectivity index (χ0n) is 22.0. The number of imidazole rings is 1. The molecule has 39 heavy (non-hydrogen) atoms. The van der Waals surface area contributed by atoms with E-state index in [2.05, 4.69) is 11.4 Å². The van der Waals surface area contributed by atoms with Gasteiger partial charge in [-0.2, -0.15) is 5.26 Å². The number of amides is 1. The number of nitriles is 1. The molecule has 0 fully saturated rings. The molecule has 4 rings (SSSR count). The van der Waals surface area contributed by atoms with E-state index in [0.29, 0.717) is 29.7 Å². The number of aliphatic hydroxyl groups excluding tert-OH is 2. The molecule has 8 nitrogen and oxygen atoms in total. The van der Waals surface area contributed by atoms with Crippen molar-refractivity contribution in [2.24, 2.45) is 0 Å². The minimum atomic E-state index is -0.312. The lowest BCUT2D eigenvalue weighted by Gasteiger charge is -2.19. The summed E-state index contributed by atoms with van der Waals surface area (Å²) < 4.78 is 7.60. The van der Waals surface area contributed by atoms with Crippen LogP contribution in [0.15, 0.2) is 73.1 Å². The predicted molar refractivity (Wildman–Crippen MR) is 150 cm³/mol. The molecule has 0 aliphatic carbocycles. The van der Waals surface area contributed by atoms with Crippen LogP contribution >= 0.6 is 0 Å². The summed E-state index contributed by atoms with van der Waals surface area (Å²) >= 11 is 0. The van der Waals surface area contributed by atoms with Crippen molar-refractivity contribution in [2.75, 3.05) is 13.2 Å². The molecule has 8 heteroatoms. The van der Waals surface area contributed by atoms with E-state index >= 15 is 0 Å². The quantitative estimate of drug-likeness (QED) is 0.268. The molecule has 2 heterocycles. The molecule has 1 atom stereocenters. The van der Waals surface area contributed by atoms with E-state index in [9.17, 15) is 15.2 Å². The van der Waals surface area contributed by atoms with E-state index in [4.69, 9.17) is 14.8 Å². The lowest BCUT2D eigenvalue weighted by atomic mass is 10.0. The molecule has 2 aromatic heterocycles. The van der Waals surface area contributed by atoms with Gasteiger partial charge >= 0.3 is 0 Å². The van der Waals surface area contributed by atoms with Crippen LogP contribution in [0.1, 0.15) is 47.3 Å². The first kappa shape index (κ1) is 27.6. The summed E-state index contributed by atoms with van der Waals surface area (Å²) in [7, 11) is 0. The molecular formula is C31H32N4O4. The Labute approximate surface area is 227 Å². The maximum absolute atomic E-state index is 13.0. The Morgan fingerprint density at radius 2 is 1.97 bits per heavy atom. The molecule has 0 saturated heterocycles. The van der Waals surface area contributed by atoms with Gasteiger partial charge in [0.15, 0.2) is 0 Å². The van der Waals surface area contributed by atoms with Gasteiger partial charge in [0.05, 0.1) is 24.0 Å². The first-order chi connectivity index (χ1) is 18.9. The zero-order chi connectivity index (χ0) is 27.8. The van der Waals surface area contributed by atoms with Gasteiger partial charge in [0.1, 0.15) is 17.5 Å². The van der Waals surface area contributed by atoms with Gasteiger partial charge in [-0.05, 0) is 62.6 Å². The van der Waals surface area contributed by atoms with E-state index in [1.807, 2.05) is 73.1 Å². The smallest absolute Gasteiger partial charge is 0.251 e. The summed E-state index contributed by atoms with van der Waals surface area (Å²) in [6.07, 6.45) is 8.26. The monoisotopic (exact) mass is 524 g/mol. The SMILES string of the molecule is CC(C)Oc1ccc(C(=O)N[C@H](CCO)Cc2ccc(-c3cn4cccc(C=CCO)c4n3)cc2)cc1C#N. The standard InChI is InChI=1S/C31H32N4O4/c1-21(2)39-29-12-11-25(18-26(29)19-32)31(38)33-27(13-16-37)17-22-7-9-23(10-8-22)28-20-35-14-3-5-24(6-4-15-36)30(35)34-28/h3-12,14,18,20-21,27,36-37H,13,15-17H2,1-2H3,(H,33,38)/t27-/m1/s1. The molecule has 0 unspecified atom stereocenters. The predicted octanol–water partition coefficient (Wildman–Crippen LogP) is 4.39. The van der Waals surface area contributed by atoms with E-state index in [-0.39, 0.29) is 31.3 Å². The van der Waals surface area contributed by atoms with E-state index in [0.717, 1.165) is 28.0 Å². The Morgan fingerprint density at radius 3 is 2.67 bits per heavy atom. The number of aromatic nitrogens is 2. The highest BCUT2D eigenvalue weighted by molar-refractivity contribution is 5.95. The lowest BCUT2D eigenvalue weighted by Crippen LogP contribution is -2.37. The Hall–Kier alpha value is -4.45. The molecule has 1 amide bonds. The molecule has 0 spiro atoms. The van der Waals surface area contributed by atoms with Gasteiger partial charge in [-0.25, -0.2) is 4.98 Å². The van der Waals surface area contributed by atoms with Crippen molar-refractivity contribution < 1.29 is 19.7 Å². The van der Waals surface area contributed by atoms with E-state index in [1.54, 1.807) is 18.2 Å². The van der Waals surface area contributed by atoms with Crippen molar-refractivity contribution in [2.45, 2.75) is 38.8 Å². The first-order valence-corrected chi connectivity index (χ1v) is 12.9. The van der Waals surface area contributed by atoms with E-state index in [1.165, 1.54) is 6.07 Å². The topological polar surface area (TPSA) is 120 Å². The normalized spacial score (nSPS) is 12.1. The maximum Gasteiger partial charge on any atom is 0.251 e. The number of fused-ring (bicyclic) bond motifs is 1. The van der Waals surface area contributed by atoms with Crippen LogP contribution in [0.3, 0.4) is 0 Å². The second-order valence-corrected chi connectivity index (χ2v) is 9.48. The third kappa shape index (κ3) is 6.90. The largest absolute Gasteiger partial charge is 0.490 e. The highest BCUT2D eigenvalue weighted by Crippen LogP contribution is 2.23.